The highest BCUT2D eigenvalue weighted by atomic mass is 16.6. The summed E-state index contributed by atoms with van der Waals surface area (Å²) in [6.07, 6.45) is 9.48. The fourth-order valence-electron chi connectivity index (χ4n) is 2.28. The summed E-state index contributed by atoms with van der Waals surface area (Å²) < 4.78 is 21.6. The smallest absolute Gasteiger partial charge is 0.107 e. The maximum absolute atomic E-state index is 5.65. The van der Waals surface area contributed by atoms with E-state index in [2.05, 4.69) is 10.8 Å². The Morgan fingerprint density at radius 1 is 0.615 bits per heavy atom. The van der Waals surface area contributed by atoms with E-state index < -0.39 is 0 Å². The zero-order valence-corrected chi connectivity index (χ0v) is 16.3. The predicted octanol–water partition coefficient (Wildman–Crippen LogP) is 0.466. The van der Waals surface area contributed by atoms with Crippen molar-refractivity contribution >= 4 is 0 Å². The number of nitrogens with two attached hydrogens (primary N) is 2. The SMILES string of the molecule is C#CCOCCOCCOCCOCCN(CCCCN)CCCCN. The molecule has 0 aromatic carbocycles. The number of nitrogens with zero attached hydrogens (tertiary/aromatic N) is 1. The minimum absolute atomic E-state index is 0.328. The monoisotopic (exact) mass is 373 g/mol. The minimum atomic E-state index is 0.328. The molecule has 7 heteroatoms. The normalized spacial score (nSPS) is 11.2. The summed E-state index contributed by atoms with van der Waals surface area (Å²) in [6.45, 7) is 8.99. The van der Waals surface area contributed by atoms with E-state index in [9.17, 15) is 0 Å². The number of unbranched alkanes of at least 4 members (excludes halogenated alkanes) is 2. The topological polar surface area (TPSA) is 92.2 Å². The molecule has 154 valence electrons. The van der Waals surface area contributed by atoms with Crippen molar-refractivity contribution < 1.29 is 18.9 Å². The lowest BCUT2D eigenvalue weighted by Gasteiger charge is -2.22. The van der Waals surface area contributed by atoms with Crippen LogP contribution in [-0.4, -0.2) is 90.5 Å². The van der Waals surface area contributed by atoms with Crippen molar-refractivity contribution in [3.8, 4) is 12.3 Å². The van der Waals surface area contributed by atoms with Crippen molar-refractivity contribution in [1.29, 1.82) is 0 Å². The van der Waals surface area contributed by atoms with Gasteiger partial charge in [-0.2, -0.15) is 0 Å². The second-order valence-corrected chi connectivity index (χ2v) is 5.93. The van der Waals surface area contributed by atoms with Gasteiger partial charge in [-0.15, -0.1) is 6.42 Å². The molecule has 0 unspecified atom stereocenters. The second-order valence-electron chi connectivity index (χ2n) is 5.93. The van der Waals surface area contributed by atoms with Gasteiger partial charge in [0.25, 0.3) is 0 Å². The van der Waals surface area contributed by atoms with Gasteiger partial charge in [0.05, 0.1) is 46.2 Å². The van der Waals surface area contributed by atoms with Gasteiger partial charge in [0.2, 0.25) is 0 Å². The molecular weight excluding hydrogens is 334 g/mol. The molecule has 0 fully saturated rings. The molecule has 0 radical (unpaired) electrons. The maximum Gasteiger partial charge on any atom is 0.107 e. The van der Waals surface area contributed by atoms with Gasteiger partial charge >= 0.3 is 0 Å². The molecular formula is C19H39N3O4. The number of ether oxygens (including phenoxy) is 4. The highest BCUT2D eigenvalue weighted by molar-refractivity contribution is 4.82. The van der Waals surface area contributed by atoms with Crippen LogP contribution >= 0.6 is 0 Å². The molecule has 0 aliphatic heterocycles. The summed E-state index contributed by atoms with van der Waals surface area (Å²) in [6, 6.07) is 0. The number of rotatable bonds is 21. The first-order valence-electron chi connectivity index (χ1n) is 9.72. The third-order valence-corrected chi connectivity index (χ3v) is 3.71. The molecule has 0 heterocycles. The lowest BCUT2D eigenvalue weighted by atomic mass is 10.2. The zero-order chi connectivity index (χ0) is 19.1. The quantitative estimate of drug-likeness (QED) is 0.223. The molecule has 0 aromatic heterocycles. The van der Waals surface area contributed by atoms with Crippen LogP contribution in [0.25, 0.3) is 0 Å². The average molecular weight is 374 g/mol. The number of hydrogen-bond acceptors (Lipinski definition) is 7. The molecule has 0 aliphatic rings. The molecule has 0 bridgehead atoms. The molecule has 0 aromatic rings. The molecule has 0 amide bonds. The van der Waals surface area contributed by atoms with Gasteiger partial charge in [0.15, 0.2) is 0 Å². The molecule has 4 N–H and O–H groups in total. The lowest BCUT2D eigenvalue weighted by Crippen LogP contribution is -2.30. The average Bonchev–Trinajstić information content (AvgIpc) is 2.65. The van der Waals surface area contributed by atoms with Crippen molar-refractivity contribution in [2.75, 3.05) is 85.6 Å². The Morgan fingerprint density at radius 3 is 1.54 bits per heavy atom. The first-order valence-corrected chi connectivity index (χ1v) is 9.72. The van der Waals surface area contributed by atoms with E-state index in [1.54, 1.807) is 0 Å². The summed E-state index contributed by atoms with van der Waals surface area (Å²) in [5.74, 6) is 2.41. The molecule has 0 spiro atoms. The molecule has 0 saturated heterocycles. The third kappa shape index (κ3) is 19.6. The van der Waals surface area contributed by atoms with Gasteiger partial charge in [-0.3, -0.25) is 0 Å². The summed E-state index contributed by atoms with van der Waals surface area (Å²) >= 11 is 0. The molecule has 0 saturated carbocycles. The van der Waals surface area contributed by atoms with Crippen molar-refractivity contribution in [3.63, 3.8) is 0 Å². The van der Waals surface area contributed by atoms with Crippen molar-refractivity contribution in [3.05, 3.63) is 0 Å². The van der Waals surface area contributed by atoms with Crippen LogP contribution in [0, 0.1) is 12.3 Å². The van der Waals surface area contributed by atoms with Gasteiger partial charge in [0, 0.05) is 6.54 Å². The molecule has 0 atom stereocenters. The van der Waals surface area contributed by atoms with Gasteiger partial charge in [-0.05, 0) is 51.9 Å². The van der Waals surface area contributed by atoms with Crippen LogP contribution < -0.4 is 11.5 Å². The van der Waals surface area contributed by atoms with E-state index in [0.717, 1.165) is 65.0 Å². The molecule has 0 aliphatic carbocycles. The van der Waals surface area contributed by atoms with E-state index in [1.807, 2.05) is 0 Å². The van der Waals surface area contributed by atoms with Gasteiger partial charge < -0.3 is 35.3 Å². The summed E-state index contributed by atoms with van der Waals surface area (Å²) in [5.41, 5.74) is 11.1. The first-order chi connectivity index (χ1) is 12.8. The molecule has 26 heavy (non-hydrogen) atoms. The largest absolute Gasteiger partial charge is 0.378 e. The number of terminal acetylenes is 1. The lowest BCUT2D eigenvalue weighted by molar-refractivity contribution is -0.00114. The first kappa shape index (κ1) is 25.3. The van der Waals surface area contributed by atoms with Gasteiger partial charge in [0.1, 0.15) is 6.61 Å². The highest BCUT2D eigenvalue weighted by Gasteiger charge is 2.04. The van der Waals surface area contributed by atoms with E-state index in [-0.39, 0.29) is 0 Å². The van der Waals surface area contributed by atoms with Crippen molar-refractivity contribution in [2.24, 2.45) is 11.5 Å². The Morgan fingerprint density at radius 2 is 1.08 bits per heavy atom. The number of hydrogen-bond donors (Lipinski definition) is 2. The van der Waals surface area contributed by atoms with E-state index in [4.69, 9.17) is 36.8 Å². The third-order valence-electron chi connectivity index (χ3n) is 3.71. The predicted molar refractivity (Wildman–Crippen MR) is 105 cm³/mol. The Balaban J connectivity index is 3.43. The highest BCUT2D eigenvalue weighted by Crippen LogP contribution is 1.99. The minimum Gasteiger partial charge on any atom is -0.378 e. The van der Waals surface area contributed by atoms with E-state index >= 15 is 0 Å². The standard InChI is InChI=1S/C19H39N3O4/c1-2-12-23-14-16-25-18-19-26-17-15-24-13-11-22(9-5-3-7-20)10-6-4-8-21/h1H,3-21H2. The van der Waals surface area contributed by atoms with Crippen LogP contribution in [0.2, 0.25) is 0 Å². The fraction of sp³-hybridized carbons (Fsp3) is 0.895. The van der Waals surface area contributed by atoms with Crippen LogP contribution in [0.1, 0.15) is 25.7 Å². The van der Waals surface area contributed by atoms with Crippen LogP contribution in [0.3, 0.4) is 0 Å². The fourth-order valence-corrected chi connectivity index (χ4v) is 2.28. The van der Waals surface area contributed by atoms with Crippen LogP contribution in [0.4, 0.5) is 0 Å². The molecule has 7 nitrogen and oxygen atoms in total. The van der Waals surface area contributed by atoms with E-state index in [1.165, 1.54) is 0 Å². The van der Waals surface area contributed by atoms with Crippen LogP contribution in [0.15, 0.2) is 0 Å². The van der Waals surface area contributed by atoms with Gasteiger partial charge in [-0.1, -0.05) is 5.92 Å². The summed E-state index contributed by atoms with van der Waals surface area (Å²) in [4.78, 5) is 2.43. The van der Waals surface area contributed by atoms with Gasteiger partial charge in [-0.25, -0.2) is 0 Å². The Bertz CT molecular complexity index is 304. The maximum atomic E-state index is 5.65. The Labute approximate surface area is 159 Å². The van der Waals surface area contributed by atoms with Crippen LogP contribution in [0.5, 0.6) is 0 Å². The Kier molecular flexibility index (Phi) is 21.7. The Hall–Kier alpha value is -0.720. The second kappa shape index (κ2) is 22.3. The summed E-state index contributed by atoms with van der Waals surface area (Å²) in [7, 11) is 0. The summed E-state index contributed by atoms with van der Waals surface area (Å²) in [5, 5.41) is 0. The van der Waals surface area contributed by atoms with Crippen molar-refractivity contribution in [1.82, 2.24) is 4.90 Å². The van der Waals surface area contributed by atoms with Crippen LogP contribution in [-0.2, 0) is 18.9 Å². The van der Waals surface area contributed by atoms with Crippen molar-refractivity contribution in [2.45, 2.75) is 25.7 Å². The van der Waals surface area contributed by atoms with E-state index in [0.29, 0.717) is 46.2 Å². The zero-order valence-electron chi connectivity index (χ0n) is 16.3. The molecule has 0 rings (SSSR count).